The Morgan fingerprint density at radius 1 is 1.13 bits per heavy atom. The van der Waals surface area contributed by atoms with E-state index in [1.807, 2.05) is 24.3 Å². The van der Waals surface area contributed by atoms with Gasteiger partial charge in [0.2, 0.25) is 0 Å². The second kappa shape index (κ2) is 8.45. The molecule has 0 bridgehead atoms. The predicted molar refractivity (Wildman–Crippen MR) is 146 cm³/mol. The van der Waals surface area contributed by atoms with E-state index in [1.165, 1.54) is 19.3 Å². The Hall–Kier alpha value is -2.61. The normalized spacial score (nSPS) is 32.3. The van der Waals surface area contributed by atoms with Crippen LogP contribution in [0.3, 0.4) is 0 Å². The van der Waals surface area contributed by atoms with Crippen LogP contribution in [0, 0.1) is 11.3 Å². The van der Waals surface area contributed by atoms with E-state index in [0.29, 0.717) is 51.2 Å². The van der Waals surface area contributed by atoms with Gasteiger partial charge in [-0.05, 0) is 87.0 Å². The summed E-state index contributed by atoms with van der Waals surface area (Å²) in [5.41, 5.74) is 4.06. The van der Waals surface area contributed by atoms with Crippen LogP contribution < -0.4 is 4.90 Å². The number of rotatable bonds is 7. The number of pyridine rings is 1. The summed E-state index contributed by atoms with van der Waals surface area (Å²) in [7, 11) is 0. The third-order valence-corrected chi connectivity index (χ3v) is 10.8. The SMILES string of the molecule is O=C(O)c1cc(N2C3CC4(CC(OCc5c(-c6c(Cl)cccc6Cl)noc5C5CC5)C4)CC4CCC432)ccn1. The van der Waals surface area contributed by atoms with Crippen molar-refractivity contribution in [2.24, 2.45) is 11.3 Å². The zero-order chi connectivity index (χ0) is 26.5. The number of aromatic nitrogens is 2. The number of hydrogen-bond donors (Lipinski definition) is 1. The van der Waals surface area contributed by atoms with Crippen molar-refractivity contribution in [2.45, 2.75) is 81.6 Å². The lowest BCUT2D eigenvalue weighted by atomic mass is 9.50. The third-order valence-electron chi connectivity index (χ3n) is 10.2. The number of carbonyl (C=O) groups is 1. The van der Waals surface area contributed by atoms with Crippen molar-refractivity contribution in [1.29, 1.82) is 0 Å². The molecular weight excluding hydrogens is 537 g/mol. The molecule has 3 unspecified atom stereocenters. The summed E-state index contributed by atoms with van der Waals surface area (Å²) < 4.78 is 12.3. The Morgan fingerprint density at radius 3 is 2.62 bits per heavy atom. The summed E-state index contributed by atoms with van der Waals surface area (Å²) >= 11 is 13.0. The number of benzene rings is 1. The lowest BCUT2D eigenvalue weighted by molar-refractivity contribution is -0.118. The standard InChI is InChI=1S/C30H29Cl2N3O4/c31-21-2-1-3-22(32)25(21)26-20(27(39-34-26)16-4-5-16)15-38-19-12-29(13-19)11-17-6-8-30(17)24(14-29)35(30)18-7-9-33-23(10-18)28(36)37/h1-3,7,9-10,16-17,19,24H,4-6,8,11-15H2,(H,36,37). The van der Waals surface area contributed by atoms with Crippen LogP contribution in [-0.2, 0) is 11.3 Å². The molecular formula is C30H29Cl2N3O4. The monoisotopic (exact) mass is 565 g/mol. The average molecular weight is 566 g/mol. The zero-order valence-corrected chi connectivity index (χ0v) is 22.9. The van der Waals surface area contributed by atoms with Gasteiger partial charge < -0.3 is 19.3 Å². The van der Waals surface area contributed by atoms with Gasteiger partial charge in [0.15, 0.2) is 0 Å². The maximum atomic E-state index is 11.5. The third kappa shape index (κ3) is 3.62. The smallest absolute Gasteiger partial charge is 0.354 e. The van der Waals surface area contributed by atoms with Gasteiger partial charge in [0.1, 0.15) is 17.1 Å². The quantitative estimate of drug-likeness (QED) is 0.305. The number of carboxylic acid groups (broad SMARTS) is 1. The van der Waals surface area contributed by atoms with Gasteiger partial charge in [0.05, 0.1) is 34.3 Å². The highest BCUT2D eigenvalue weighted by Gasteiger charge is 2.75. The van der Waals surface area contributed by atoms with Crippen LogP contribution in [0.4, 0.5) is 5.69 Å². The fourth-order valence-corrected chi connectivity index (χ4v) is 8.66. The second-order valence-corrected chi connectivity index (χ2v) is 13.1. The highest BCUT2D eigenvalue weighted by atomic mass is 35.5. The molecule has 1 saturated heterocycles. The summed E-state index contributed by atoms with van der Waals surface area (Å²) in [5, 5.41) is 14.9. The van der Waals surface area contributed by atoms with Crippen molar-refractivity contribution in [3.63, 3.8) is 0 Å². The molecule has 1 aliphatic heterocycles. The molecule has 1 aromatic carbocycles. The Morgan fingerprint density at radius 2 is 1.92 bits per heavy atom. The zero-order valence-electron chi connectivity index (χ0n) is 21.4. The Labute approximate surface area is 236 Å². The number of halogens is 2. The van der Waals surface area contributed by atoms with E-state index < -0.39 is 5.97 Å². The maximum absolute atomic E-state index is 11.5. The van der Waals surface area contributed by atoms with Gasteiger partial charge in [-0.15, -0.1) is 0 Å². The minimum Gasteiger partial charge on any atom is -0.477 e. The van der Waals surface area contributed by atoms with Crippen LogP contribution in [0.1, 0.15) is 79.1 Å². The molecule has 3 atom stereocenters. The van der Waals surface area contributed by atoms with E-state index in [-0.39, 0.29) is 17.3 Å². The van der Waals surface area contributed by atoms with Crippen LogP contribution in [0.25, 0.3) is 11.3 Å². The minimum atomic E-state index is -0.975. The van der Waals surface area contributed by atoms with E-state index in [9.17, 15) is 9.90 Å². The fraction of sp³-hybridized carbons (Fsp3) is 0.500. The summed E-state index contributed by atoms with van der Waals surface area (Å²) in [4.78, 5) is 18.0. The van der Waals surface area contributed by atoms with Crippen LogP contribution in [-0.4, -0.2) is 38.9 Å². The molecule has 2 aromatic heterocycles. The highest BCUT2D eigenvalue weighted by molar-refractivity contribution is 6.39. The average Bonchev–Trinajstić information content (AvgIpc) is 3.80. The van der Waals surface area contributed by atoms with Crippen LogP contribution >= 0.6 is 23.2 Å². The van der Waals surface area contributed by atoms with Gasteiger partial charge >= 0.3 is 5.97 Å². The summed E-state index contributed by atoms with van der Waals surface area (Å²) in [6.45, 7) is 0.449. The van der Waals surface area contributed by atoms with Gasteiger partial charge in [-0.3, -0.25) is 0 Å². The number of ether oxygens (including phenoxy) is 1. The Kier molecular flexibility index (Phi) is 5.24. The first kappa shape index (κ1) is 24.2. The molecule has 39 heavy (non-hydrogen) atoms. The van der Waals surface area contributed by atoms with E-state index in [1.54, 1.807) is 12.3 Å². The molecule has 2 spiro atoms. The van der Waals surface area contributed by atoms with Gasteiger partial charge in [0, 0.05) is 28.9 Å². The summed E-state index contributed by atoms with van der Waals surface area (Å²) in [6, 6.07) is 9.68. The predicted octanol–water partition coefficient (Wildman–Crippen LogP) is 7.12. The van der Waals surface area contributed by atoms with Gasteiger partial charge in [0.25, 0.3) is 0 Å². The topological polar surface area (TPSA) is 88.5 Å². The minimum absolute atomic E-state index is 0.118. The van der Waals surface area contributed by atoms with Crippen molar-refractivity contribution >= 4 is 34.9 Å². The van der Waals surface area contributed by atoms with Gasteiger partial charge in [-0.2, -0.15) is 0 Å². The van der Waals surface area contributed by atoms with E-state index >= 15 is 0 Å². The first-order chi connectivity index (χ1) is 18.9. The highest BCUT2D eigenvalue weighted by Crippen LogP contribution is 2.72. The molecule has 5 fully saturated rings. The van der Waals surface area contributed by atoms with Crippen LogP contribution in [0.2, 0.25) is 10.0 Å². The van der Waals surface area contributed by atoms with E-state index in [2.05, 4.69) is 15.0 Å². The van der Waals surface area contributed by atoms with Crippen molar-refractivity contribution in [2.75, 3.05) is 4.90 Å². The Balaban J connectivity index is 0.973. The van der Waals surface area contributed by atoms with Crippen LogP contribution in [0.15, 0.2) is 41.1 Å². The van der Waals surface area contributed by atoms with Crippen molar-refractivity contribution in [1.82, 2.24) is 10.1 Å². The number of aromatic carboxylic acids is 1. The Bertz CT molecular complexity index is 1480. The van der Waals surface area contributed by atoms with Crippen molar-refractivity contribution < 1.29 is 19.2 Å². The summed E-state index contributed by atoms with van der Waals surface area (Å²) in [6.07, 6.45) is 11.0. The first-order valence-corrected chi connectivity index (χ1v) is 14.7. The first-order valence-electron chi connectivity index (χ1n) is 13.9. The van der Waals surface area contributed by atoms with Crippen LogP contribution in [0.5, 0.6) is 0 Å². The molecule has 7 nitrogen and oxygen atoms in total. The molecule has 4 aliphatic carbocycles. The number of nitrogens with zero attached hydrogens (tertiary/aromatic N) is 3. The van der Waals surface area contributed by atoms with Crippen molar-refractivity contribution in [3.8, 4) is 11.3 Å². The second-order valence-electron chi connectivity index (χ2n) is 12.3. The molecule has 3 aromatic rings. The molecule has 1 N–H and O–H groups in total. The maximum Gasteiger partial charge on any atom is 0.354 e. The van der Waals surface area contributed by atoms with Crippen molar-refractivity contribution in [3.05, 3.63) is 63.6 Å². The van der Waals surface area contributed by atoms with Gasteiger partial charge in [-0.25, -0.2) is 9.78 Å². The number of anilines is 1. The molecule has 0 radical (unpaired) electrons. The lowest BCUT2D eigenvalue weighted by Gasteiger charge is -2.55. The lowest BCUT2D eigenvalue weighted by Crippen LogP contribution is -2.53. The molecule has 0 amide bonds. The number of hydrogen-bond acceptors (Lipinski definition) is 6. The summed E-state index contributed by atoms with van der Waals surface area (Å²) in [5.74, 6) is 1.02. The van der Waals surface area contributed by atoms with E-state index in [4.69, 9.17) is 32.5 Å². The molecule has 4 saturated carbocycles. The largest absolute Gasteiger partial charge is 0.477 e. The molecule has 8 rings (SSSR count). The molecule has 202 valence electrons. The fourth-order valence-electron chi connectivity index (χ4n) is 8.09. The molecule has 5 aliphatic rings. The van der Waals surface area contributed by atoms with Gasteiger partial charge in [-0.1, -0.05) is 34.4 Å². The number of carboxylic acids is 1. The molecule has 3 heterocycles. The van der Waals surface area contributed by atoms with E-state index in [0.717, 1.165) is 49.1 Å². The molecule has 9 heteroatoms.